The number of carbonyl (C=O) groups excluding carboxylic acids is 1. The summed E-state index contributed by atoms with van der Waals surface area (Å²) < 4.78 is 0. The van der Waals surface area contributed by atoms with E-state index in [-0.39, 0.29) is 17.9 Å². The van der Waals surface area contributed by atoms with E-state index in [1.54, 1.807) is 0 Å². The Hall–Kier alpha value is -2.55. The summed E-state index contributed by atoms with van der Waals surface area (Å²) in [6, 6.07) is 18.8. The van der Waals surface area contributed by atoms with E-state index < -0.39 is 0 Å². The van der Waals surface area contributed by atoms with Gasteiger partial charge in [-0.25, -0.2) is 0 Å². The average Bonchev–Trinajstić information content (AvgIpc) is 2.98. The molecule has 24 heavy (non-hydrogen) atoms. The maximum atomic E-state index is 12.9. The van der Waals surface area contributed by atoms with E-state index in [0.717, 1.165) is 11.9 Å². The topological polar surface area (TPSA) is 36.1 Å². The summed E-state index contributed by atoms with van der Waals surface area (Å²) >= 11 is 0. The van der Waals surface area contributed by atoms with Gasteiger partial charge < -0.3 is 9.88 Å². The van der Waals surface area contributed by atoms with Gasteiger partial charge in [-0.05, 0) is 11.6 Å². The van der Waals surface area contributed by atoms with Crippen molar-refractivity contribution in [1.29, 1.82) is 0 Å². The maximum absolute atomic E-state index is 12.9. The second kappa shape index (κ2) is 5.82. The average molecular weight is 318 g/mol. The molecule has 0 spiro atoms. The van der Waals surface area contributed by atoms with E-state index in [4.69, 9.17) is 0 Å². The third kappa shape index (κ3) is 2.41. The van der Waals surface area contributed by atoms with Crippen molar-refractivity contribution in [1.82, 2.24) is 9.88 Å². The summed E-state index contributed by atoms with van der Waals surface area (Å²) in [6.07, 6.45) is 0.840. The number of hydrogen-bond donors (Lipinski definition) is 1. The molecule has 1 atom stereocenters. The lowest BCUT2D eigenvalue weighted by atomic mass is 9.92. The second-order valence-corrected chi connectivity index (χ2v) is 6.88. The van der Waals surface area contributed by atoms with Crippen LogP contribution in [0.5, 0.6) is 0 Å². The van der Waals surface area contributed by atoms with Crippen molar-refractivity contribution in [2.45, 2.75) is 32.9 Å². The maximum Gasteiger partial charge on any atom is 0.225 e. The third-order valence-electron chi connectivity index (χ3n) is 4.97. The van der Waals surface area contributed by atoms with Crippen molar-refractivity contribution in [3.05, 3.63) is 71.4 Å². The van der Waals surface area contributed by atoms with Crippen molar-refractivity contribution in [3.8, 4) is 0 Å². The van der Waals surface area contributed by atoms with Crippen LogP contribution >= 0.6 is 0 Å². The van der Waals surface area contributed by atoms with Gasteiger partial charge in [0.25, 0.3) is 0 Å². The fraction of sp³-hybridized carbons (Fsp3) is 0.286. The zero-order valence-electron chi connectivity index (χ0n) is 14.1. The lowest BCUT2D eigenvalue weighted by Crippen LogP contribution is -2.40. The van der Waals surface area contributed by atoms with Crippen LogP contribution in [0.3, 0.4) is 0 Å². The molecule has 0 aliphatic carbocycles. The van der Waals surface area contributed by atoms with E-state index in [1.165, 1.54) is 22.2 Å². The molecule has 0 fully saturated rings. The van der Waals surface area contributed by atoms with Gasteiger partial charge in [-0.2, -0.15) is 0 Å². The van der Waals surface area contributed by atoms with Crippen LogP contribution in [-0.4, -0.2) is 15.8 Å². The van der Waals surface area contributed by atoms with Crippen LogP contribution in [-0.2, 0) is 17.8 Å². The van der Waals surface area contributed by atoms with Gasteiger partial charge in [0, 0.05) is 41.0 Å². The highest BCUT2D eigenvalue weighted by atomic mass is 16.2. The molecule has 2 aromatic carbocycles. The van der Waals surface area contributed by atoms with Gasteiger partial charge in [-0.1, -0.05) is 62.4 Å². The highest BCUT2D eigenvalue weighted by Crippen LogP contribution is 2.37. The molecule has 3 aromatic rings. The quantitative estimate of drug-likeness (QED) is 0.744. The predicted octanol–water partition coefficient (Wildman–Crippen LogP) is 4.45. The second-order valence-electron chi connectivity index (χ2n) is 6.88. The number of nitrogens with zero attached hydrogens (tertiary/aromatic N) is 1. The molecule has 3 heteroatoms. The lowest BCUT2D eigenvalue weighted by Gasteiger charge is -2.37. The van der Waals surface area contributed by atoms with Crippen LogP contribution in [0.4, 0.5) is 0 Å². The number of para-hydroxylation sites is 1. The van der Waals surface area contributed by atoms with E-state index in [2.05, 4.69) is 46.3 Å². The predicted molar refractivity (Wildman–Crippen MR) is 96.6 cm³/mol. The normalized spacial score (nSPS) is 17.3. The molecule has 1 N–H and O–H groups in total. The zero-order valence-corrected chi connectivity index (χ0v) is 14.1. The van der Waals surface area contributed by atoms with Gasteiger partial charge in [0.05, 0.1) is 6.04 Å². The molecule has 1 aromatic heterocycles. The number of H-pyrrole nitrogens is 1. The van der Waals surface area contributed by atoms with E-state index in [9.17, 15) is 4.79 Å². The summed E-state index contributed by atoms with van der Waals surface area (Å²) in [6.45, 7) is 4.64. The van der Waals surface area contributed by atoms with Gasteiger partial charge in [-0.15, -0.1) is 0 Å². The molecule has 3 nitrogen and oxygen atoms in total. The first kappa shape index (κ1) is 15.0. The van der Waals surface area contributed by atoms with Crippen LogP contribution in [0.15, 0.2) is 54.6 Å². The lowest BCUT2D eigenvalue weighted by molar-refractivity contribution is -0.138. The fourth-order valence-electron chi connectivity index (χ4n) is 3.73. The Bertz CT molecular complexity index is 879. The van der Waals surface area contributed by atoms with Crippen LogP contribution in [0.2, 0.25) is 0 Å². The minimum absolute atomic E-state index is 0.00275. The fourth-order valence-corrected chi connectivity index (χ4v) is 3.73. The third-order valence-corrected chi connectivity index (χ3v) is 4.97. The summed E-state index contributed by atoms with van der Waals surface area (Å²) in [5, 5.41) is 1.24. The molecule has 2 heterocycles. The molecule has 0 saturated carbocycles. The molecule has 1 amide bonds. The largest absolute Gasteiger partial charge is 0.358 e. The standard InChI is InChI=1S/C21H22N2O/c1-14(2)21(24)23-13-17-16-10-6-7-11-18(16)22-19(17)12-20(23)15-8-4-3-5-9-15/h3-11,14,20,22H,12-13H2,1-2H3. The van der Waals surface area contributed by atoms with Gasteiger partial charge >= 0.3 is 0 Å². The van der Waals surface area contributed by atoms with Crippen LogP contribution in [0.25, 0.3) is 10.9 Å². The van der Waals surface area contributed by atoms with Crippen LogP contribution in [0, 0.1) is 5.92 Å². The summed E-state index contributed by atoms with van der Waals surface area (Å²) in [5.41, 5.74) is 4.90. The molecule has 1 aliphatic heterocycles. The Kier molecular flexibility index (Phi) is 3.64. The molecule has 1 aliphatic rings. The van der Waals surface area contributed by atoms with Crippen molar-refractivity contribution in [2.75, 3.05) is 0 Å². The summed E-state index contributed by atoms with van der Waals surface area (Å²) in [4.78, 5) is 18.5. The van der Waals surface area contributed by atoms with Crippen molar-refractivity contribution in [2.24, 2.45) is 5.92 Å². The number of carbonyl (C=O) groups is 1. The molecule has 122 valence electrons. The monoisotopic (exact) mass is 318 g/mol. The van der Waals surface area contributed by atoms with Crippen LogP contribution in [0.1, 0.15) is 36.7 Å². The minimum atomic E-state index is 0.00275. The smallest absolute Gasteiger partial charge is 0.225 e. The van der Waals surface area contributed by atoms with Crippen molar-refractivity contribution < 1.29 is 4.79 Å². The Morgan fingerprint density at radius 2 is 1.79 bits per heavy atom. The number of benzene rings is 2. The Labute approximate surface area is 142 Å². The molecular weight excluding hydrogens is 296 g/mol. The van der Waals surface area contributed by atoms with Crippen LogP contribution < -0.4 is 0 Å². The number of nitrogens with one attached hydrogen (secondary N) is 1. The SMILES string of the molecule is CC(C)C(=O)N1Cc2c([nH]c3ccccc23)CC1c1ccccc1. The molecular formula is C21H22N2O. The molecule has 0 saturated heterocycles. The highest BCUT2D eigenvalue weighted by molar-refractivity contribution is 5.86. The minimum Gasteiger partial charge on any atom is -0.358 e. The Morgan fingerprint density at radius 1 is 1.08 bits per heavy atom. The van der Waals surface area contributed by atoms with Gasteiger partial charge in [0.15, 0.2) is 0 Å². The van der Waals surface area contributed by atoms with E-state index >= 15 is 0 Å². The number of fused-ring (bicyclic) bond motifs is 3. The first-order valence-electron chi connectivity index (χ1n) is 8.59. The van der Waals surface area contributed by atoms with Gasteiger partial charge in [0.2, 0.25) is 5.91 Å². The molecule has 0 bridgehead atoms. The molecule has 0 radical (unpaired) electrons. The highest BCUT2D eigenvalue weighted by Gasteiger charge is 2.33. The van der Waals surface area contributed by atoms with Crippen molar-refractivity contribution >= 4 is 16.8 Å². The zero-order chi connectivity index (χ0) is 16.7. The summed E-state index contributed by atoms with van der Waals surface area (Å²) in [5.74, 6) is 0.225. The first-order chi connectivity index (χ1) is 11.6. The molecule has 1 unspecified atom stereocenters. The molecule has 4 rings (SSSR count). The Morgan fingerprint density at radius 3 is 2.54 bits per heavy atom. The Balaban J connectivity index is 1.82. The van der Waals surface area contributed by atoms with Gasteiger partial charge in [-0.3, -0.25) is 4.79 Å². The number of amides is 1. The van der Waals surface area contributed by atoms with Crippen molar-refractivity contribution in [3.63, 3.8) is 0 Å². The number of hydrogen-bond acceptors (Lipinski definition) is 1. The first-order valence-corrected chi connectivity index (χ1v) is 8.59. The van der Waals surface area contributed by atoms with E-state index in [1.807, 2.05) is 32.0 Å². The number of rotatable bonds is 2. The summed E-state index contributed by atoms with van der Waals surface area (Å²) in [7, 11) is 0. The number of aromatic nitrogens is 1. The number of aromatic amines is 1. The van der Waals surface area contributed by atoms with E-state index in [0.29, 0.717) is 6.54 Å². The van der Waals surface area contributed by atoms with Gasteiger partial charge in [0.1, 0.15) is 0 Å².